The van der Waals surface area contributed by atoms with Gasteiger partial charge in [0.2, 0.25) is 0 Å². The van der Waals surface area contributed by atoms with Gasteiger partial charge in [0, 0.05) is 0 Å². The van der Waals surface area contributed by atoms with Gasteiger partial charge in [0.05, 0.1) is 0 Å². The van der Waals surface area contributed by atoms with Gasteiger partial charge in [-0.3, -0.25) is 9.11 Å². The number of rotatable bonds is 0. The van der Waals surface area contributed by atoms with Gasteiger partial charge in [-0.1, -0.05) is 0 Å². The van der Waals surface area contributed by atoms with E-state index in [-0.39, 0.29) is 0 Å². The quantitative estimate of drug-likeness (QED) is 0.436. The van der Waals surface area contributed by atoms with Crippen LogP contribution in [-0.2, 0) is 20.0 Å². The third kappa shape index (κ3) is 314. The molecule has 0 spiro atoms. The van der Waals surface area contributed by atoms with Crippen LogP contribution in [0.25, 0.3) is 0 Å². The number of carbonyl (C=O) groups is 2. The number of hydrogen-bond donors (Lipinski definition) is 2. The highest BCUT2D eigenvalue weighted by Crippen LogP contribution is 1.59. The van der Waals surface area contributed by atoms with E-state index < -0.39 is 10.4 Å². The van der Waals surface area contributed by atoms with Crippen molar-refractivity contribution in [2.75, 3.05) is 0 Å². The molecule has 0 aliphatic heterocycles. The molecule has 0 aromatic rings. The Morgan fingerprint density at radius 2 is 0.889 bits per heavy atom. The largest absolute Gasteiger partial charge is 0.394 e. The minimum Gasteiger partial charge on any atom is -0.307 e. The van der Waals surface area contributed by atoms with Gasteiger partial charge in [0.15, 0.2) is 0 Å². The van der Waals surface area contributed by atoms with Gasteiger partial charge in [-0.15, -0.1) is 0 Å². The zero-order valence-electron chi connectivity index (χ0n) is 4.35. The third-order valence-electron chi connectivity index (χ3n) is 0. The first kappa shape index (κ1) is 15.7. The van der Waals surface area contributed by atoms with Crippen LogP contribution in [-0.4, -0.2) is 31.1 Å². The summed E-state index contributed by atoms with van der Waals surface area (Å²) in [5, 5.41) is 0. The van der Waals surface area contributed by atoms with Crippen molar-refractivity contribution in [3.8, 4) is 0 Å². The van der Waals surface area contributed by atoms with Crippen LogP contribution in [0.4, 0.5) is 0 Å². The maximum Gasteiger partial charge on any atom is 0.394 e. The van der Waals surface area contributed by atoms with Crippen molar-refractivity contribution in [3.63, 3.8) is 0 Å². The average molecular weight is 158 g/mol. The van der Waals surface area contributed by atoms with E-state index in [1.54, 1.807) is 0 Å². The zero-order chi connectivity index (χ0) is 8.50. The van der Waals surface area contributed by atoms with Crippen LogP contribution in [0.1, 0.15) is 0 Å². The van der Waals surface area contributed by atoms with Gasteiger partial charge >= 0.3 is 10.4 Å². The molecule has 0 radical (unpaired) electrons. The van der Waals surface area contributed by atoms with Crippen molar-refractivity contribution in [3.05, 3.63) is 0 Å². The SMILES string of the molecule is C=O.C=O.O=S(=O)(O)O. The van der Waals surface area contributed by atoms with E-state index in [1.165, 1.54) is 0 Å². The molecule has 0 saturated carbocycles. The van der Waals surface area contributed by atoms with E-state index >= 15 is 0 Å². The summed E-state index contributed by atoms with van der Waals surface area (Å²) in [4.78, 5) is 16.0. The van der Waals surface area contributed by atoms with Gasteiger partial charge in [-0.05, 0) is 0 Å². The Hall–Kier alpha value is -0.790. The van der Waals surface area contributed by atoms with Crippen LogP contribution in [0, 0.1) is 0 Å². The molecule has 56 valence electrons. The van der Waals surface area contributed by atoms with Crippen LogP contribution in [0.3, 0.4) is 0 Å². The van der Waals surface area contributed by atoms with Crippen molar-refractivity contribution >= 4 is 24.0 Å². The minimum absolute atomic E-state index is 2.00. The Balaban J connectivity index is -0.0000000771. The third-order valence-corrected chi connectivity index (χ3v) is 0. The van der Waals surface area contributed by atoms with E-state index in [0.717, 1.165) is 0 Å². The molecule has 0 heterocycles. The fourth-order valence-electron chi connectivity index (χ4n) is 0. The second-order valence-corrected chi connectivity index (χ2v) is 1.34. The fraction of sp³-hybridized carbons (Fsp3) is 0. The Morgan fingerprint density at radius 1 is 0.889 bits per heavy atom. The van der Waals surface area contributed by atoms with Crippen molar-refractivity contribution < 1.29 is 27.1 Å². The molecular weight excluding hydrogens is 152 g/mol. The molecule has 6 nitrogen and oxygen atoms in total. The standard InChI is InChI=1S/2CH2O.H2O4S/c2*1-2;1-5(2,3)4/h2*1H2;(H2,1,2,3,4). The van der Waals surface area contributed by atoms with Gasteiger partial charge in [0.1, 0.15) is 13.6 Å². The molecule has 0 rings (SSSR count). The lowest BCUT2D eigenvalue weighted by molar-refractivity contribution is -0.0987. The first-order valence-electron chi connectivity index (χ1n) is 1.28. The van der Waals surface area contributed by atoms with E-state index in [0.29, 0.717) is 0 Å². The van der Waals surface area contributed by atoms with E-state index in [2.05, 4.69) is 0 Å². The van der Waals surface area contributed by atoms with Gasteiger partial charge < -0.3 is 9.59 Å². The fourth-order valence-corrected chi connectivity index (χ4v) is 0. The summed E-state index contributed by atoms with van der Waals surface area (Å²) in [5.74, 6) is 0. The lowest BCUT2D eigenvalue weighted by Gasteiger charge is -1.68. The first-order valence-corrected chi connectivity index (χ1v) is 2.67. The van der Waals surface area contributed by atoms with Crippen LogP contribution >= 0.6 is 0 Å². The summed E-state index contributed by atoms with van der Waals surface area (Å²) < 4.78 is 31.6. The molecule has 7 heteroatoms. The summed E-state index contributed by atoms with van der Waals surface area (Å²) in [7, 11) is -4.67. The van der Waals surface area contributed by atoms with Crippen molar-refractivity contribution in [2.45, 2.75) is 0 Å². The summed E-state index contributed by atoms with van der Waals surface area (Å²) in [6.45, 7) is 4.00. The molecule has 0 amide bonds. The predicted octanol–water partition coefficient (Wildman–Crippen LogP) is -1.02. The van der Waals surface area contributed by atoms with Crippen LogP contribution in [0.15, 0.2) is 0 Å². The smallest absolute Gasteiger partial charge is 0.307 e. The normalized spacial score (nSPS) is 7.33. The van der Waals surface area contributed by atoms with Gasteiger partial charge in [0.25, 0.3) is 0 Å². The van der Waals surface area contributed by atoms with Crippen molar-refractivity contribution in [1.29, 1.82) is 0 Å². The Morgan fingerprint density at radius 3 is 0.889 bits per heavy atom. The van der Waals surface area contributed by atoms with E-state index in [4.69, 9.17) is 27.1 Å². The molecule has 0 aromatic heterocycles. The maximum absolute atomic E-state index is 8.74. The summed E-state index contributed by atoms with van der Waals surface area (Å²) >= 11 is 0. The lowest BCUT2D eigenvalue weighted by Crippen LogP contribution is -1.89. The maximum atomic E-state index is 8.74. The Labute approximate surface area is 52.1 Å². The zero-order valence-corrected chi connectivity index (χ0v) is 5.17. The molecular formula is C2H6O6S. The molecule has 0 atom stereocenters. The molecule has 0 aromatic carbocycles. The van der Waals surface area contributed by atoms with E-state index in [9.17, 15) is 0 Å². The monoisotopic (exact) mass is 158 g/mol. The highest BCUT2D eigenvalue weighted by Gasteiger charge is 1.84. The summed E-state index contributed by atoms with van der Waals surface area (Å²) in [5.41, 5.74) is 0. The number of carbonyl (C=O) groups excluding carboxylic acids is 2. The molecule has 0 aliphatic rings. The number of hydrogen-bond acceptors (Lipinski definition) is 4. The molecule has 0 fully saturated rings. The topological polar surface area (TPSA) is 109 Å². The average Bonchev–Trinajstić information content (AvgIpc) is 1.72. The molecule has 0 unspecified atom stereocenters. The van der Waals surface area contributed by atoms with Crippen LogP contribution in [0.2, 0.25) is 0 Å². The second kappa shape index (κ2) is 10.2. The van der Waals surface area contributed by atoms with Crippen molar-refractivity contribution in [2.24, 2.45) is 0 Å². The van der Waals surface area contributed by atoms with Gasteiger partial charge in [-0.2, -0.15) is 8.42 Å². The van der Waals surface area contributed by atoms with Crippen LogP contribution < -0.4 is 0 Å². The molecule has 0 bridgehead atoms. The molecule has 0 saturated heterocycles. The van der Waals surface area contributed by atoms with Crippen LogP contribution in [0.5, 0.6) is 0 Å². The lowest BCUT2D eigenvalue weighted by atomic mass is 11.9. The highest BCUT2D eigenvalue weighted by molar-refractivity contribution is 7.79. The second-order valence-electron chi connectivity index (χ2n) is 0.448. The summed E-state index contributed by atoms with van der Waals surface area (Å²) in [6, 6.07) is 0. The molecule has 2 N–H and O–H groups in total. The first-order chi connectivity index (χ1) is 4.00. The Kier molecular flexibility index (Phi) is 17.9. The molecule has 9 heavy (non-hydrogen) atoms. The predicted molar refractivity (Wildman–Crippen MR) is 28.4 cm³/mol. The highest BCUT2D eigenvalue weighted by atomic mass is 32.3. The van der Waals surface area contributed by atoms with Gasteiger partial charge in [-0.25, -0.2) is 0 Å². The Bertz CT molecular complexity index is 114. The minimum atomic E-state index is -4.67. The summed E-state index contributed by atoms with van der Waals surface area (Å²) in [6.07, 6.45) is 0. The molecule has 0 aliphatic carbocycles. The van der Waals surface area contributed by atoms with E-state index in [1.807, 2.05) is 13.6 Å². The van der Waals surface area contributed by atoms with Crippen molar-refractivity contribution in [1.82, 2.24) is 0 Å².